The molecule has 6 heteroatoms. The van der Waals surface area contributed by atoms with Gasteiger partial charge in [-0.05, 0) is 55.0 Å². The molecule has 0 bridgehead atoms. The van der Waals surface area contributed by atoms with E-state index in [1.54, 1.807) is 42.5 Å². The van der Waals surface area contributed by atoms with Gasteiger partial charge in [-0.3, -0.25) is 4.79 Å². The van der Waals surface area contributed by atoms with E-state index < -0.39 is 0 Å². The zero-order valence-electron chi connectivity index (χ0n) is 14.2. The van der Waals surface area contributed by atoms with Crippen molar-refractivity contribution >= 4 is 23.2 Å². The Morgan fingerprint density at radius 3 is 2.77 bits per heavy atom. The number of carbonyl (C=O) groups excluding carboxylic acids is 1. The highest BCUT2D eigenvalue weighted by Gasteiger charge is 2.08. The number of anilines is 1. The second-order valence-electron chi connectivity index (χ2n) is 5.75. The van der Waals surface area contributed by atoms with E-state index in [2.05, 4.69) is 5.32 Å². The van der Waals surface area contributed by atoms with Gasteiger partial charge in [0.15, 0.2) is 6.61 Å². The Kier molecular flexibility index (Phi) is 5.61. The summed E-state index contributed by atoms with van der Waals surface area (Å²) >= 11 is 5.97. The summed E-state index contributed by atoms with van der Waals surface area (Å²) in [7, 11) is 0. The van der Waals surface area contributed by atoms with Crippen LogP contribution in [0.2, 0.25) is 5.02 Å². The third-order valence-corrected chi connectivity index (χ3v) is 4.17. The number of aliphatic hydroxyl groups is 1. The first-order valence-corrected chi connectivity index (χ1v) is 8.42. The van der Waals surface area contributed by atoms with Gasteiger partial charge in [0.1, 0.15) is 23.9 Å². The van der Waals surface area contributed by atoms with Crippen molar-refractivity contribution in [3.63, 3.8) is 0 Å². The van der Waals surface area contributed by atoms with E-state index in [0.717, 1.165) is 11.1 Å². The molecule has 0 atom stereocenters. The number of benzene rings is 2. The quantitative estimate of drug-likeness (QED) is 0.672. The van der Waals surface area contributed by atoms with Gasteiger partial charge in [0.05, 0.1) is 0 Å². The van der Waals surface area contributed by atoms with Crippen LogP contribution in [-0.4, -0.2) is 17.6 Å². The standard InChI is InChI=1S/C20H18ClNO4/c1-13-9-16(5-7-18(13)21)25-12-20(24)22-15-4-2-3-14(10-15)19-8-6-17(11-23)26-19/h2-10,23H,11-12H2,1H3,(H,22,24). The Morgan fingerprint density at radius 1 is 1.19 bits per heavy atom. The van der Waals surface area contributed by atoms with E-state index in [4.69, 9.17) is 25.9 Å². The van der Waals surface area contributed by atoms with E-state index >= 15 is 0 Å². The maximum Gasteiger partial charge on any atom is 0.262 e. The van der Waals surface area contributed by atoms with Crippen LogP contribution >= 0.6 is 11.6 Å². The molecule has 5 nitrogen and oxygen atoms in total. The molecule has 3 rings (SSSR count). The molecule has 3 aromatic rings. The van der Waals surface area contributed by atoms with Gasteiger partial charge in [0, 0.05) is 16.3 Å². The topological polar surface area (TPSA) is 71.7 Å². The van der Waals surface area contributed by atoms with Crippen molar-refractivity contribution in [2.75, 3.05) is 11.9 Å². The molecule has 0 fully saturated rings. The van der Waals surface area contributed by atoms with E-state index in [0.29, 0.717) is 28.0 Å². The number of amides is 1. The van der Waals surface area contributed by atoms with Crippen molar-refractivity contribution < 1.29 is 19.1 Å². The van der Waals surface area contributed by atoms with Crippen LogP contribution in [0.4, 0.5) is 5.69 Å². The molecule has 0 aliphatic carbocycles. The summed E-state index contributed by atoms with van der Waals surface area (Å²) in [6.45, 7) is 1.61. The van der Waals surface area contributed by atoms with Gasteiger partial charge in [0.25, 0.3) is 5.91 Å². The number of ether oxygens (including phenoxy) is 1. The molecule has 0 spiro atoms. The van der Waals surface area contributed by atoms with Crippen LogP contribution < -0.4 is 10.1 Å². The summed E-state index contributed by atoms with van der Waals surface area (Å²) in [5.74, 6) is 1.42. The fourth-order valence-electron chi connectivity index (χ4n) is 2.42. The maximum atomic E-state index is 12.1. The predicted molar refractivity (Wildman–Crippen MR) is 100 cm³/mol. The van der Waals surface area contributed by atoms with Crippen LogP contribution in [0.5, 0.6) is 5.75 Å². The molecule has 26 heavy (non-hydrogen) atoms. The summed E-state index contributed by atoms with van der Waals surface area (Å²) in [4.78, 5) is 12.1. The van der Waals surface area contributed by atoms with E-state index in [1.165, 1.54) is 0 Å². The minimum absolute atomic E-state index is 0.110. The highest BCUT2D eigenvalue weighted by Crippen LogP contribution is 2.25. The summed E-state index contributed by atoms with van der Waals surface area (Å²) < 4.78 is 11.0. The third-order valence-electron chi connectivity index (χ3n) is 3.75. The van der Waals surface area contributed by atoms with E-state index in [-0.39, 0.29) is 19.1 Å². The lowest BCUT2D eigenvalue weighted by Crippen LogP contribution is -2.20. The van der Waals surface area contributed by atoms with E-state index in [1.807, 2.05) is 19.1 Å². The van der Waals surface area contributed by atoms with Crippen molar-refractivity contribution in [3.05, 3.63) is 70.9 Å². The number of aryl methyl sites for hydroxylation is 1. The molecule has 0 unspecified atom stereocenters. The molecule has 1 heterocycles. The van der Waals surface area contributed by atoms with Crippen molar-refractivity contribution in [1.82, 2.24) is 0 Å². The summed E-state index contributed by atoms with van der Waals surface area (Å²) in [5, 5.41) is 12.5. The molecule has 2 N–H and O–H groups in total. The third kappa shape index (κ3) is 4.45. The minimum atomic E-state index is -0.273. The Morgan fingerprint density at radius 2 is 2.04 bits per heavy atom. The SMILES string of the molecule is Cc1cc(OCC(=O)Nc2cccc(-c3ccc(CO)o3)c2)ccc1Cl. The molecule has 1 amide bonds. The molecule has 134 valence electrons. The van der Waals surface area contributed by atoms with Gasteiger partial charge in [-0.15, -0.1) is 0 Å². The highest BCUT2D eigenvalue weighted by atomic mass is 35.5. The van der Waals surface area contributed by atoms with E-state index in [9.17, 15) is 4.79 Å². The number of halogens is 1. The Labute approximate surface area is 156 Å². The van der Waals surface area contributed by atoms with Crippen molar-refractivity contribution in [3.8, 4) is 17.1 Å². The van der Waals surface area contributed by atoms with Crippen molar-refractivity contribution in [2.45, 2.75) is 13.5 Å². The molecule has 0 saturated carbocycles. The number of nitrogens with one attached hydrogen (secondary N) is 1. The normalized spacial score (nSPS) is 10.6. The average molecular weight is 372 g/mol. The number of carbonyl (C=O) groups is 1. The first kappa shape index (κ1) is 18.0. The zero-order chi connectivity index (χ0) is 18.5. The summed E-state index contributed by atoms with van der Waals surface area (Å²) in [6, 6.07) is 16.0. The molecular formula is C20H18ClNO4. The van der Waals surface area contributed by atoms with Gasteiger partial charge >= 0.3 is 0 Å². The number of hydrogen-bond donors (Lipinski definition) is 2. The van der Waals surface area contributed by atoms with Gasteiger partial charge in [-0.25, -0.2) is 0 Å². The van der Waals surface area contributed by atoms with Crippen molar-refractivity contribution in [1.29, 1.82) is 0 Å². The molecule has 0 radical (unpaired) electrons. The lowest BCUT2D eigenvalue weighted by molar-refractivity contribution is -0.118. The average Bonchev–Trinajstić information content (AvgIpc) is 3.12. The van der Waals surface area contributed by atoms with Crippen LogP contribution in [0, 0.1) is 6.92 Å². The first-order chi connectivity index (χ1) is 12.5. The predicted octanol–water partition coefficient (Wildman–Crippen LogP) is 4.42. The minimum Gasteiger partial charge on any atom is -0.484 e. The number of hydrogen-bond acceptors (Lipinski definition) is 4. The van der Waals surface area contributed by atoms with Gasteiger partial charge < -0.3 is 19.6 Å². The lowest BCUT2D eigenvalue weighted by atomic mass is 10.1. The number of furan rings is 1. The largest absolute Gasteiger partial charge is 0.484 e. The second-order valence-corrected chi connectivity index (χ2v) is 6.16. The van der Waals surface area contributed by atoms with Crippen LogP contribution in [-0.2, 0) is 11.4 Å². The highest BCUT2D eigenvalue weighted by molar-refractivity contribution is 6.31. The van der Waals surface area contributed by atoms with Crippen LogP contribution in [0.1, 0.15) is 11.3 Å². The fourth-order valence-corrected chi connectivity index (χ4v) is 2.54. The molecule has 0 aliphatic heterocycles. The summed E-state index contributed by atoms with van der Waals surface area (Å²) in [5.41, 5.74) is 2.32. The van der Waals surface area contributed by atoms with Gasteiger partial charge in [-0.2, -0.15) is 0 Å². The molecule has 2 aromatic carbocycles. The Balaban J connectivity index is 1.62. The zero-order valence-corrected chi connectivity index (χ0v) is 14.9. The molecule has 0 saturated heterocycles. The maximum absolute atomic E-state index is 12.1. The number of rotatable bonds is 6. The van der Waals surface area contributed by atoms with Crippen molar-refractivity contribution in [2.24, 2.45) is 0 Å². The lowest BCUT2D eigenvalue weighted by Gasteiger charge is -2.09. The molecule has 1 aromatic heterocycles. The molecule has 0 aliphatic rings. The number of aliphatic hydroxyl groups excluding tert-OH is 1. The van der Waals surface area contributed by atoms with Crippen LogP contribution in [0.25, 0.3) is 11.3 Å². The second kappa shape index (κ2) is 8.08. The van der Waals surface area contributed by atoms with Gasteiger partial charge in [0.2, 0.25) is 0 Å². The Bertz CT molecular complexity index is 920. The van der Waals surface area contributed by atoms with Crippen LogP contribution in [0.15, 0.2) is 59.0 Å². The monoisotopic (exact) mass is 371 g/mol. The smallest absolute Gasteiger partial charge is 0.262 e. The van der Waals surface area contributed by atoms with Gasteiger partial charge in [-0.1, -0.05) is 23.7 Å². The van der Waals surface area contributed by atoms with Crippen LogP contribution in [0.3, 0.4) is 0 Å². The Hall–Kier alpha value is -2.76. The first-order valence-electron chi connectivity index (χ1n) is 8.04. The fraction of sp³-hybridized carbons (Fsp3) is 0.150. The summed E-state index contributed by atoms with van der Waals surface area (Å²) in [6.07, 6.45) is 0. The molecular weight excluding hydrogens is 354 g/mol.